The Labute approximate surface area is 198 Å². The zero-order valence-electron chi connectivity index (χ0n) is 19.4. The number of benzene rings is 3. The van der Waals surface area contributed by atoms with Gasteiger partial charge in [-0.05, 0) is 48.7 Å². The number of hydrogen-bond donors (Lipinski definition) is 0. The predicted molar refractivity (Wildman–Crippen MR) is 132 cm³/mol. The summed E-state index contributed by atoms with van der Waals surface area (Å²) in [6, 6.07) is 22.4. The molecule has 0 saturated heterocycles. The molecule has 1 amide bonds. The highest BCUT2D eigenvalue weighted by Crippen LogP contribution is 2.39. The van der Waals surface area contributed by atoms with Crippen LogP contribution in [0.4, 0.5) is 0 Å². The molecule has 4 aromatic rings. The van der Waals surface area contributed by atoms with Gasteiger partial charge < -0.3 is 14.1 Å². The predicted octanol–water partition coefficient (Wildman–Crippen LogP) is 6.03. The topological polar surface area (TPSA) is 59.8 Å². The number of rotatable bonds is 7. The maximum atomic E-state index is 13.7. The number of unbranched alkanes of at least 4 members (excludes halogenated alkanes) is 1. The standard InChI is InChI=1S/C29H27NO4/c1-3-4-16-33-22-13-11-21(12-14-22)26-25-27(31)23-17-19(2)10-15-24(23)34-28(25)29(32)30(26)18-20-8-6-5-7-9-20/h5-15,17,26H,3-4,16,18H2,1-2H3. The average Bonchev–Trinajstić information content (AvgIpc) is 3.12. The first-order chi connectivity index (χ1) is 16.6. The molecule has 3 aromatic carbocycles. The quantitative estimate of drug-likeness (QED) is 0.321. The molecule has 34 heavy (non-hydrogen) atoms. The highest BCUT2D eigenvalue weighted by atomic mass is 16.5. The van der Waals surface area contributed by atoms with Crippen molar-refractivity contribution < 1.29 is 13.9 Å². The van der Waals surface area contributed by atoms with E-state index in [0.29, 0.717) is 29.7 Å². The molecule has 0 fully saturated rings. The second-order valence-corrected chi connectivity index (χ2v) is 8.77. The fourth-order valence-electron chi connectivity index (χ4n) is 4.50. The average molecular weight is 454 g/mol. The maximum Gasteiger partial charge on any atom is 0.291 e. The molecule has 0 saturated carbocycles. The lowest BCUT2D eigenvalue weighted by Crippen LogP contribution is -2.29. The monoisotopic (exact) mass is 453 g/mol. The van der Waals surface area contributed by atoms with Gasteiger partial charge in [-0.3, -0.25) is 9.59 Å². The molecule has 0 N–H and O–H groups in total. The first-order valence-corrected chi connectivity index (χ1v) is 11.7. The second-order valence-electron chi connectivity index (χ2n) is 8.77. The molecule has 0 spiro atoms. The third-order valence-corrected chi connectivity index (χ3v) is 6.28. The lowest BCUT2D eigenvalue weighted by Gasteiger charge is -2.25. The Balaban J connectivity index is 1.62. The zero-order valence-corrected chi connectivity index (χ0v) is 19.4. The Morgan fingerprint density at radius 2 is 1.74 bits per heavy atom. The summed E-state index contributed by atoms with van der Waals surface area (Å²) < 4.78 is 11.9. The van der Waals surface area contributed by atoms with E-state index in [9.17, 15) is 9.59 Å². The maximum absolute atomic E-state index is 13.7. The number of ether oxygens (including phenoxy) is 1. The van der Waals surface area contributed by atoms with Gasteiger partial charge in [0.2, 0.25) is 5.76 Å². The summed E-state index contributed by atoms with van der Waals surface area (Å²) in [5.41, 5.74) is 3.49. The number of carbonyl (C=O) groups is 1. The number of amides is 1. The van der Waals surface area contributed by atoms with Crippen LogP contribution in [0.2, 0.25) is 0 Å². The van der Waals surface area contributed by atoms with Crippen LogP contribution in [0.25, 0.3) is 11.0 Å². The van der Waals surface area contributed by atoms with Crippen molar-refractivity contribution in [1.82, 2.24) is 4.90 Å². The normalized spacial score (nSPS) is 15.1. The van der Waals surface area contributed by atoms with Crippen LogP contribution in [-0.4, -0.2) is 17.4 Å². The first-order valence-electron chi connectivity index (χ1n) is 11.7. The summed E-state index contributed by atoms with van der Waals surface area (Å²) in [4.78, 5) is 29.0. The minimum absolute atomic E-state index is 0.130. The van der Waals surface area contributed by atoms with Crippen molar-refractivity contribution >= 4 is 16.9 Å². The Morgan fingerprint density at radius 3 is 2.47 bits per heavy atom. The molecule has 1 aliphatic rings. The van der Waals surface area contributed by atoms with Gasteiger partial charge in [-0.25, -0.2) is 0 Å². The SMILES string of the molecule is CCCCOc1ccc(C2c3c(oc4ccc(C)cc4c3=O)C(=O)N2Cc2ccccc2)cc1. The summed E-state index contributed by atoms with van der Waals surface area (Å²) in [6.07, 6.45) is 2.06. The van der Waals surface area contributed by atoms with Crippen LogP contribution in [-0.2, 0) is 6.54 Å². The zero-order chi connectivity index (χ0) is 23.7. The Kier molecular flexibility index (Phi) is 5.93. The van der Waals surface area contributed by atoms with Gasteiger partial charge in [0, 0.05) is 6.54 Å². The Hall–Kier alpha value is -3.86. The van der Waals surface area contributed by atoms with Crippen molar-refractivity contribution in [3.05, 3.63) is 111 Å². The van der Waals surface area contributed by atoms with Gasteiger partial charge in [0.05, 0.1) is 23.6 Å². The Bertz CT molecular complexity index is 1390. The van der Waals surface area contributed by atoms with Crippen molar-refractivity contribution in [3.63, 3.8) is 0 Å². The highest BCUT2D eigenvalue weighted by molar-refractivity contribution is 5.99. The third-order valence-electron chi connectivity index (χ3n) is 6.28. The van der Waals surface area contributed by atoms with E-state index in [1.54, 1.807) is 11.0 Å². The van der Waals surface area contributed by atoms with Crippen molar-refractivity contribution in [2.24, 2.45) is 0 Å². The van der Waals surface area contributed by atoms with Crippen LogP contribution >= 0.6 is 0 Å². The summed E-state index contributed by atoms with van der Waals surface area (Å²) in [5, 5.41) is 0.498. The molecule has 0 bridgehead atoms. The number of hydrogen-bond acceptors (Lipinski definition) is 4. The third kappa shape index (κ3) is 3.98. The number of carbonyl (C=O) groups excluding carboxylic acids is 1. The van der Waals surface area contributed by atoms with E-state index in [0.717, 1.165) is 35.3 Å². The number of aryl methyl sites for hydroxylation is 1. The van der Waals surface area contributed by atoms with Crippen LogP contribution in [0.15, 0.2) is 82.0 Å². The summed E-state index contributed by atoms with van der Waals surface area (Å²) in [6.45, 7) is 5.10. The molecule has 0 aliphatic carbocycles. The lowest BCUT2D eigenvalue weighted by molar-refractivity contribution is 0.0714. The van der Waals surface area contributed by atoms with Crippen LogP contribution < -0.4 is 10.2 Å². The van der Waals surface area contributed by atoms with Gasteiger partial charge in [0.15, 0.2) is 5.43 Å². The number of fused-ring (bicyclic) bond motifs is 2. The minimum atomic E-state index is -0.534. The molecule has 0 radical (unpaired) electrons. The van der Waals surface area contributed by atoms with E-state index in [4.69, 9.17) is 9.15 Å². The summed E-state index contributed by atoms with van der Waals surface area (Å²) >= 11 is 0. The van der Waals surface area contributed by atoms with Crippen molar-refractivity contribution in [1.29, 1.82) is 0 Å². The molecule has 5 nitrogen and oxygen atoms in total. The van der Waals surface area contributed by atoms with E-state index in [1.165, 1.54) is 0 Å². The van der Waals surface area contributed by atoms with Crippen LogP contribution in [0.5, 0.6) is 5.75 Å². The van der Waals surface area contributed by atoms with Gasteiger partial charge in [-0.2, -0.15) is 0 Å². The van der Waals surface area contributed by atoms with E-state index < -0.39 is 6.04 Å². The molecule has 5 rings (SSSR count). The largest absolute Gasteiger partial charge is 0.494 e. The van der Waals surface area contributed by atoms with E-state index in [-0.39, 0.29) is 17.1 Å². The van der Waals surface area contributed by atoms with Crippen molar-refractivity contribution in [2.75, 3.05) is 6.61 Å². The van der Waals surface area contributed by atoms with E-state index >= 15 is 0 Å². The van der Waals surface area contributed by atoms with E-state index in [2.05, 4.69) is 6.92 Å². The molecule has 1 aliphatic heterocycles. The molecule has 1 unspecified atom stereocenters. The smallest absolute Gasteiger partial charge is 0.291 e. The fraction of sp³-hybridized carbons (Fsp3) is 0.241. The van der Waals surface area contributed by atoms with Gasteiger partial charge >= 0.3 is 0 Å². The molecular weight excluding hydrogens is 426 g/mol. The van der Waals surface area contributed by atoms with Crippen LogP contribution in [0, 0.1) is 6.92 Å². The van der Waals surface area contributed by atoms with Crippen molar-refractivity contribution in [3.8, 4) is 5.75 Å². The molecule has 1 aromatic heterocycles. The van der Waals surface area contributed by atoms with Gasteiger partial charge in [0.25, 0.3) is 5.91 Å². The van der Waals surface area contributed by atoms with Crippen LogP contribution in [0.3, 0.4) is 0 Å². The molecule has 1 atom stereocenters. The summed E-state index contributed by atoms with van der Waals surface area (Å²) in [7, 11) is 0. The second kappa shape index (κ2) is 9.18. The molecule has 172 valence electrons. The Morgan fingerprint density at radius 1 is 0.971 bits per heavy atom. The van der Waals surface area contributed by atoms with Gasteiger partial charge in [-0.15, -0.1) is 0 Å². The van der Waals surface area contributed by atoms with Crippen molar-refractivity contribution in [2.45, 2.75) is 39.3 Å². The molecule has 2 heterocycles. The van der Waals surface area contributed by atoms with Gasteiger partial charge in [0.1, 0.15) is 11.3 Å². The number of nitrogens with zero attached hydrogens (tertiary/aromatic N) is 1. The first kappa shape index (κ1) is 22.0. The molecule has 5 heteroatoms. The lowest BCUT2D eigenvalue weighted by atomic mass is 9.98. The summed E-state index contributed by atoms with van der Waals surface area (Å²) in [5.74, 6) is 0.634. The van der Waals surface area contributed by atoms with E-state index in [1.807, 2.05) is 73.7 Å². The van der Waals surface area contributed by atoms with Crippen LogP contribution in [0.1, 0.15) is 58.6 Å². The fourth-order valence-corrected chi connectivity index (χ4v) is 4.50. The van der Waals surface area contributed by atoms with Gasteiger partial charge in [-0.1, -0.05) is 67.4 Å². The molecular formula is C29H27NO4. The highest BCUT2D eigenvalue weighted by Gasteiger charge is 2.42. The minimum Gasteiger partial charge on any atom is -0.494 e.